The molecule has 0 aliphatic heterocycles. The predicted octanol–water partition coefficient (Wildman–Crippen LogP) is 3.08. The molecule has 0 radical (unpaired) electrons. The molecular formula is C10H15ClO3. The third-order valence-corrected chi connectivity index (χ3v) is 2.48. The van der Waals surface area contributed by atoms with Crippen LogP contribution >= 0.6 is 11.6 Å². The first kappa shape index (κ1) is 11.4. The lowest BCUT2D eigenvalue weighted by molar-refractivity contribution is 0.00430. The molecule has 1 atom stereocenters. The van der Waals surface area contributed by atoms with E-state index in [2.05, 4.69) is 10.8 Å². The quantitative estimate of drug-likeness (QED) is 0.406. The molecule has 0 saturated heterocycles. The highest BCUT2D eigenvalue weighted by atomic mass is 35.5. The number of hydrogen-bond acceptors (Lipinski definition) is 3. The summed E-state index contributed by atoms with van der Waals surface area (Å²) in [6.07, 6.45) is 2.05. The summed E-state index contributed by atoms with van der Waals surface area (Å²) in [6, 6.07) is -0.168. The molecule has 0 aromatic heterocycles. The second-order valence-electron chi connectivity index (χ2n) is 4.13. The molecule has 80 valence electrons. The zero-order chi connectivity index (χ0) is 10.8. The summed E-state index contributed by atoms with van der Waals surface area (Å²) in [6.45, 7) is 6.09. The van der Waals surface area contributed by atoms with Gasteiger partial charge in [-0.25, -0.2) is 4.79 Å². The molecule has 0 heterocycles. The highest BCUT2D eigenvalue weighted by molar-refractivity contribution is 6.17. The summed E-state index contributed by atoms with van der Waals surface area (Å²) in [5.74, 6) is 0. The maximum absolute atomic E-state index is 11.0. The van der Waals surface area contributed by atoms with E-state index in [0.29, 0.717) is 0 Å². The first-order valence-corrected chi connectivity index (χ1v) is 5.07. The lowest BCUT2D eigenvalue weighted by Crippen LogP contribution is -2.29. The van der Waals surface area contributed by atoms with Crippen LogP contribution in [0.15, 0.2) is 11.6 Å². The van der Waals surface area contributed by atoms with Gasteiger partial charge in [-0.05, 0) is 6.92 Å². The lowest BCUT2D eigenvalue weighted by Gasteiger charge is -2.25. The van der Waals surface area contributed by atoms with Gasteiger partial charge in [-0.1, -0.05) is 37.1 Å². The van der Waals surface area contributed by atoms with Crippen LogP contribution in [0.1, 0.15) is 27.2 Å². The number of rotatable bonds is 2. The molecule has 0 bridgehead atoms. The molecule has 0 N–H and O–H groups in total. The Kier molecular flexibility index (Phi) is 3.43. The van der Waals surface area contributed by atoms with E-state index in [4.69, 9.17) is 16.3 Å². The topological polar surface area (TPSA) is 35.5 Å². The third-order valence-electron chi connectivity index (χ3n) is 2.37. The zero-order valence-electron chi connectivity index (χ0n) is 8.67. The molecule has 0 saturated carbocycles. The largest absolute Gasteiger partial charge is 0.509 e. The molecule has 0 spiro atoms. The van der Waals surface area contributed by atoms with Gasteiger partial charge in [0.1, 0.15) is 6.10 Å². The Bertz CT molecular complexity index is 258. The molecule has 1 aliphatic rings. The molecular weight excluding hydrogens is 204 g/mol. The fourth-order valence-corrected chi connectivity index (χ4v) is 1.82. The number of halogens is 1. The average molecular weight is 219 g/mol. The van der Waals surface area contributed by atoms with Gasteiger partial charge >= 0.3 is 6.16 Å². The first-order chi connectivity index (χ1) is 6.45. The summed E-state index contributed by atoms with van der Waals surface area (Å²) in [5.41, 5.74) is 1.12. The highest BCUT2D eigenvalue weighted by Crippen LogP contribution is 2.37. The monoisotopic (exact) mass is 218 g/mol. The van der Waals surface area contributed by atoms with E-state index < -0.39 is 6.16 Å². The van der Waals surface area contributed by atoms with Crippen molar-refractivity contribution in [1.82, 2.24) is 0 Å². The Morgan fingerprint density at radius 3 is 2.79 bits per heavy atom. The lowest BCUT2D eigenvalue weighted by atomic mass is 9.90. The second-order valence-corrected chi connectivity index (χ2v) is 4.34. The molecule has 1 rings (SSSR count). The zero-order valence-corrected chi connectivity index (χ0v) is 9.43. The SMILES string of the molecule is CC1=CC(C)(C)C(OC(=O)OCCl)C1. The summed E-state index contributed by atoms with van der Waals surface area (Å²) >= 11 is 5.25. The molecule has 3 nitrogen and oxygen atoms in total. The predicted molar refractivity (Wildman–Crippen MR) is 54.2 cm³/mol. The Morgan fingerprint density at radius 2 is 2.36 bits per heavy atom. The summed E-state index contributed by atoms with van der Waals surface area (Å²) in [4.78, 5) is 11.0. The molecule has 14 heavy (non-hydrogen) atoms. The number of alkyl halides is 1. The normalized spacial score (nSPS) is 24.3. The van der Waals surface area contributed by atoms with Crippen LogP contribution in [0.5, 0.6) is 0 Å². The Morgan fingerprint density at radius 1 is 1.71 bits per heavy atom. The smallest absolute Gasteiger partial charge is 0.430 e. The van der Waals surface area contributed by atoms with E-state index in [0.717, 1.165) is 6.42 Å². The average Bonchev–Trinajstić information content (AvgIpc) is 2.25. The first-order valence-electron chi connectivity index (χ1n) is 4.53. The van der Waals surface area contributed by atoms with Crippen LogP contribution in [-0.4, -0.2) is 18.3 Å². The standard InChI is InChI=1S/C10H15ClO3/c1-7-4-8(10(2,3)5-7)14-9(12)13-6-11/h5,8H,4,6H2,1-3H3. The van der Waals surface area contributed by atoms with Crippen molar-refractivity contribution in [3.05, 3.63) is 11.6 Å². The fraction of sp³-hybridized carbons (Fsp3) is 0.700. The number of carbonyl (C=O) groups is 1. The van der Waals surface area contributed by atoms with E-state index >= 15 is 0 Å². The Hall–Kier alpha value is -0.700. The van der Waals surface area contributed by atoms with Crippen molar-refractivity contribution in [3.8, 4) is 0 Å². The molecule has 0 fully saturated rings. The van der Waals surface area contributed by atoms with Crippen molar-refractivity contribution in [3.63, 3.8) is 0 Å². The Balaban J connectivity index is 2.52. The second kappa shape index (κ2) is 4.22. The van der Waals surface area contributed by atoms with E-state index in [-0.39, 0.29) is 17.6 Å². The van der Waals surface area contributed by atoms with Gasteiger partial charge in [-0.2, -0.15) is 0 Å². The minimum absolute atomic E-state index is 0.116. The summed E-state index contributed by atoms with van der Waals surface area (Å²) in [7, 11) is 0. The van der Waals surface area contributed by atoms with Crippen molar-refractivity contribution in [2.45, 2.75) is 33.3 Å². The van der Waals surface area contributed by atoms with Crippen LogP contribution in [0.2, 0.25) is 0 Å². The molecule has 0 aromatic carbocycles. The number of carbonyl (C=O) groups excluding carboxylic acids is 1. The van der Waals surface area contributed by atoms with Gasteiger partial charge in [0.25, 0.3) is 0 Å². The van der Waals surface area contributed by atoms with E-state index in [9.17, 15) is 4.79 Å². The maximum atomic E-state index is 11.0. The van der Waals surface area contributed by atoms with Crippen LogP contribution in [0, 0.1) is 5.41 Å². The Labute approximate surface area is 89.0 Å². The molecule has 1 unspecified atom stereocenters. The molecule has 4 heteroatoms. The maximum Gasteiger partial charge on any atom is 0.509 e. The summed E-state index contributed by atoms with van der Waals surface area (Å²) < 4.78 is 9.65. The van der Waals surface area contributed by atoms with Crippen LogP contribution in [0.25, 0.3) is 0 Å². The minimum Gasteiger partial charge on any atom is -0.430 e. The van der Waals surface area contributed by atoms with Gasteiger partial charge < -0.3 is 9.47 Å². The van der Waals surface area contributed by atoms with Gasteiger partial charge in [-0.15, -0.1) is 0 Å². The van der Waals surface area contributed by atoms with Crippen LogP contribution < -0.4 is 0 Å². The van der Waals surface area contributed by atoms with Crippen molar-refractivity contribution < 1.29 is 14.3 Å². The van der Waals surface area contributed by atoms with Crippen LogP contribution in [0.4, 0.5) is 4.79 Å². The third kappa shape index (κ3) is 2.64. The molecule has 0 amide bonds. The van der Waals surface area contributed by atoms with Crippen molar-refractivity contribution in [2.75, 3.05) is 6.07 Å². The van der Waals surface area contributed by atoms with E-state index in [1.165, 1.54) is 5.57 Å². The number of hydrogen-bond donors (Lipinski definition) is 0. The van der Waals surface area contributed by atoms with E-state index in [1.807, 2.05) is 20.8 Å². The molecule has 0 aromatic rings. The fourth-order valence-electron chi connectivity index (χ4n) is 1.73. The number of ether oxygens (including phenoxy) is 2. The van der Waals surface area contributed by atoms with Gasteiger partial charge in [0.2, 0.25) is 0 Å². The van der Waals surface area contributed by atoms with Crippen LogP contribution in [0.3, 0.4) is 0 Å². The van der Waals surface area contributed by atoms with Gasteiger partial charge in [0, 0.05) is 11.8 Å². The molecule has 1 aliphatic carbocycles. The van der Waals surface area contributed by atoms with Crippen molar-refractivity contribution in [1.29, 1.82) is 0 Å². The minimum atomic E-state index is -0.693. The van der Waals surface area contributed by atoms with E-state index in [1.54, 1.807) is 0 Å². The van der Waals surface area contributed by atoms with Crippen molar-refractivity contribution >= 4 is 17.8 Å². The van der Waals surface area contributed by atoms with Crippen LogP contribution in [-0.2, 0) is 9.47 Å². The summed E-state index contributed by atoms with van der Waals surface area (Å²) in [5, 5.41) is 0. The van der Waals surface area contributed by atoms with Gasteiger partial charge in [0.15, 0.2) is 6.07 Å². The van der Waals surface area contributed by atoms with Gasteiger partial charge in [0.05, 0.1) is 0 Å². The van der Waals surface area contributed by atoms with Gasteiger partial charge in [-0.3, -0.25) is 0 Å². The highest BCUT2D eigenvalue weighted by Gasteiger charge is 2.36. The van der Waals surface area contributed by atoms with Crippen molar-refractivity contribution in [2.24, 2.45) is 5.41 Å².